The Hall–Kier alpha value is -1.83. The van der Waals surface area contributed by atoms with Crippen molar-refractivity contribution >= 4 is 5.97 Å². The summed E-state index contributed by atoms with van der Waals surface area (Å²) in [6.45, 7) is 2.21. The van der Waals surface area contributed by atoms with E-state index in [4.69, 9.17) is 4.74 Å². The van der Waals surface area contributed by atoms with Crippen LogP contribution in [0.1, 0.15) is 17.3 Å². The summed E-state index contributed by atoms with van der Waals surface area (Å²) in [7, 11) is 0. The standard InChI is InChI=1S/C13H12O2/c1-2-15-13(14)12-8-4-3-6-10-7-5-9-11(10)12/h3-9H,2H2,1H3. The average molecular weight is 200 g/mol. The van der Waals surface area contributed by atoms with E-state index in [1.165, 1.54) is 0 Å². The predicted molar refractivity (Wildman–Crippen MR) is 59.0 cm³/mol. The van der Waals surface area contributed by atoms with Gasteiger partial charge in [-0.1, -0.05) is 36.4 Å². The number of carbonyl (C=O) groups is 1. The van der Waals surface area contributed by atoms with E-state index in [9.17, 15) is 4.79 Å². The summed E-state index contributed by atoms with van der Waals surface area (Å²) in [6.07, 6.45) is 0. The lowest BCUT2D eigenvalue weighted by Crippen LogP contribution is -2.04. The lowest BCUT2D eigenvalue weighted by Gasteiger charge is -2.03. The molecule has 0 atom stereocenters. The molecule has 0 unspecified atom stereocenters. The molecular formula is C13H12O2. The van der Waals surface area contributed by atoms with Crippen LogP contribution in [0.15, 0.2) is 42.5 Å². The zero-order chi connectivity index (χ0) is 10.7. The maximum atomic E-state index is 11.7. The summed E-state index contributed by atoms with van der Waals surface area (Å²) in [4.78, 5) is 11.7. The van der Waals surface area contributed by atoms with Crippen molar-refractivity contribution in [2.75, 3.05) is 6.61 Å². The maximum Gasteiger partial charge on any atom is 0.338 e. The van der Waals surface area contributed by atoms with Crippen LogP contribution in [0.5, 0.6) is 0 Å². The smallest absolute Gasteiger partial charge is 0.338 e. The average Bonchev–Trinajstić information content (AvgIpc) is 2.58. The van der Waals surface area contributed by atoms with Crippen molar-refractivity contribution in [3.05, 3.63) is 48.0 Å². The van der Waals surface area contributed by atoms with Gasteiger partial charge in [0.05, 0.1) is 12.2 Å². The predicted octanol–water partition coefficient (Wildman–Crippen LogP) is 2.97. The Bertz CT molecular complexity index is 448. The number of ether oxygens (including phenoxy) is 1. The minimum absolute atomic E-state index is 0.259. The van der Waals surface area contributed by atoms with Gasteiger partial charge in [-0.2, -0.15) is 0 Å². The largest absolute Gasteiger partial charge is 0.462 e. The van der Waals surface area contributed by atoms with E-state index >= 15 is 0 Å². The van der Waals surface area contributed by atoms with Crippen molar-refractivity contribution < 1.29 is 9.53 Å². The van der Waals surface area contributed by atoms with Gasteiger partial charge in [-0.25, -0.2) is 4.79 Å². The Morgan fingerprint density at radius 3 is 2.67 bits per heavy atom. The summed E-state index contributed by atoms with van der Waals surface area (Å²) in [5.74, 6) is -0.259. The highest BCUT2D eigenvalue weighted by atomic mass is 16.5. The molecule has 0 radical (unpaired) electrons. The first-order valence-electron chi connectivity index (χ1n) is 4.98. The molecule has 76 valence electrons. The second-order valence-electron chi connectivity index (χ2n) is 3.25. The zero-order valence-electron chi connectivity index (χ0n) is 8.57. The summed E-state index contributed by atoms with van der Waals surface area (Å²) in [6, 6.07) is 13.4. The summed E-state index contributed by atoms with van der Waals surface area (Å²) >= 11 is 0. The van der Waals surface area contributed by atoms with Crippen LogP contribution in [-0.4, -0.2) is 12.6 Å². The van der Waals surface area contributed by atoms with Gasteiger partial charge in [0, 0.05) is 0 Å². The number of hydrogen-bond acceptors (Lipinski definition) is 2. The van der Waals surface area contributed by atoms with E-state index in [1.54, 1.807) is 6.07 Å². The molecule has 2 rings (SSSR count). The van der Waals surface area contributed by atoms with Crippen LogP contribution in [0.2, 0.25) is 0 Å². The van der Waals surface area contributed by atoms with Crippen LogP contribution in [0.25, 0.3) is 11.1 Å². The molecule has 0 heterocycles. The van der Waals surface area contributed by atoms with E-state index in [2.05, 4.69) is 0 Å². The molecule has 0 aromatic rings. The minimum Gasteiger partial charge on any atom is -0.462 e. The molecule has 0 amide bonds. The summed E-state index contributed by atoms with van der Waals surface area (Å²) in [5, 5.41) is 0. The number of esters is 1. The second-order valence-corrected chi connectivity index (χ2v) is 3.25. The molecule has 0 bridgehead atoms. The fourth-order valence-corrected chi connectivity index (χ4v) is 1.61. The molecule has 0 aromatic carbocycles. The summed E-state index contributed by atoms with van der Waals surface area (Å²) < 4.78 is 5.01. The summed E-state index contributed by atoms with van der Waals surface area (Å²) in [5.41, 5.74) is 2.63. The van der Waals surface area contributed by atoms with Crippen molar-refractivity contribution in [3.63, 3.8) is 0 Å². The van der Waals surface area contributed by atoms with Crippen molar-refractivity contribution in [1.82, 2.24) is 0 Å². The van der Waals surface area contributed by atoms with E-state index in [0.717, 1.165) is 11.1 Å². The highest BCUT2D eigenvalue weighted by Crippen LogP contribution is 2.25. The second kappa shape index (κ2) is 4.13. The molecule has 2 nitrogen and oxygen atoms in total. The zero-order valence-corrected chi connectivity index (χ0v) is 8.57. The topological polar surface area (TPSA) is 26.3 Å². The van der Waals surface area contributed by atoms with Crippen molar-refractivity contribution in [3.8, 4) is 11.1 Å². The molecule has 15 heavy (non-hydrogen) atoms. The molecule has 2 aliphatic rings. The maximum absolute atomic E-state index is 11.7. The van der Waals surface area contributed by atoms with Crippen molar-refractivity contribution in [2.24, 2.45) is 0 Å². The first-order valence-corrected chi connectivity index (χ1v) is 4.98. The Kier molecular flexibility index (Phi) is 2.68. The van der Waals surface area contributed by atoms with E-state index in [-0.39, 0.29) is 5.97 Å². The monoisotopic (exact) mass is 200 g/mol. The highest BCUT2D eigenvalue weighted by molar-refractivity contribution is 5.97. The first-order chi connectivity index (χ1) is 7.33. The van der Waals surface area contributed by atoms with Gasteiger partial charge in [-0.15, -0.1) is 0 Å². The molecular weight excluding hydrogens is 188 g/mol. The number of carbonyl (C=O) groups excluding carboxylic acids is 1. The fourth-order valence-electron chi connectivity index (χ4n) is 1.61. The van der Waals surface area contributed by atoms with Gasteiger partial charge in [0.2, 0.25) is 0 Å². The van der Waals surface area contributed by atoms with Crippen molar-refractivity contribution in [2.45, 2.75) is 6.92 Å². The van der Waals surface area contributed by atoms with Crippen LogP contribution in [0.3, 0.4) is 0 Å². The Morgan fingerprint density at radius 1 is 1.13 bits per heavy atom. The third-order valence-corrected chi connectivity index (χ3v) is 2.28. The molecule has 2 aliphatic carbocycles. The molecule has 0 fully saturated rings. The fraction of sp³-hybridized carbons (Fsp3) is 0.154. The third-order valence-electron chi connectivity index (χ3n) is 2.28. The molecule has 0 aliphatic heterocycles. The molecule has 0 N–H and O–H groups in total. The van der Waals surface area contributed by atoms with E-state index in [0.29, 0.717) is 12.2 Å². The van der Waals surface area contributed by atoms with Crippen LogP contribution in [0, 0.1) is 0 Å². The highest BCUT2D eigenvalue weighted by Gasteiger charge is 2.13. The molecule has 0 saturated carbocycles. The molecule has 0 aromatic heterocycles. The Morgan fingerprint density at radius 2 is 1.87 bits per heavy atom. The lowest BCUT2D eigenvalue weighted by atomic mass is 10.1. The SMILES string of the molecule is CCOC(=O)c1ccccc2cccc1-2. The lowest BCUT2D eigenvalue weighted by molar-refractivity contribution is 0.0527. The normalized spacial score (nSPS) is 10.2. The number of hydrogen-bond donors (Lipinski definition) is 0. The minimum atomic E-state index is -0.259. The number of fused-ring (bicyclic) bond motifs is 1. The van der Waals surface area contributed by atoms with E-state index in [1.807, 2.05) is 43.3 Å². The van der Waals surface area contributed by atoms with Gasteiger partial charge in [0.1, 0.15) is 0 Å². The first kappa shape index (κ1) is 9.71. The van der Waals surface area contributed by atoms with Gasteiger partial charge < -0.3 is 4.74 Å². The van der Waals surface area contributed by atoms with Crippen LogP contribution in [-0.2, 0) is 4.74 Å². The van der Waals surface area contributed by atoms with Crippen LogP contribution >= 0.6 is 0 Å². The van der Waals surface area contributed by atoms with Gasteiger partial charge in [0.25, 0.3) is 0 Å². The molecule has 0 spiro atoms. The third kappa shape index (κ3) is 1.84. The van der Waals surface area contributed by atoms with Gasteiger partial charge in [-0.05, 0) is 24.1 Å². The van der Waals surface area contributed by atoms with E-state index < -0.39 is 0 Å². The van der Waals surface area contributed by atoms with Crippen LogP contribution < -0.4 is 0 Å². The van der Waals surface area contributed by atoms with Gasteiger partial charge >= 0.3 is 5.97 Å². The van der Waals surface area contributed by atoms with Gasteiger partial charge in [-0.3, -0.25) is 0 Å². The van der Waals surface area contributed by atoms with Crippen LogP contribution in [0.4, 0.5) is 0 Å². The molecule has 0 saturated heterocycles. The Labute approximate surface area is 88.8 Å². The van der Waals surface area contributed by atoms with Gasteiger partial charge in [0.15, 0.2) is 0 Å². The quantitative estimate of drug-likeness (QED) is 0.696. The number of rotatable bonds is 2. The van der Waals surface area contributed by atoms with Crippen molar-refractivity contribution in [1.29, 1.82) is 0 Å². The Balaban J connectivity index is 2.50. The molecule has 2 heteroatoms.